The van der Waals surface area contributed by atoms with Crippen molar-refractivity contribution in [1.82, 2.24) is 20.4 Å². The van der Waals surface area contributed by atoms with Crippen LogP contribution in [0.3, 0.4) is 0 Å². The van der Waals surface area contributed by atoms with Crippen LogP contribution in [0.5, 0.6) is 0 Å². The van der Waals surface area contributed by atoms with Crippen molar-refractivity contribution in [2.24, 2.45) is 10.9 Å². The minimum absolute atomic E-state index is 0.541. The Kier molecular flexibility index (Phi) is 9.72. The van der Waals surface area contributed by atoms with Crippen LogP contribution in [0.2, 0.25) is 0 Å². The summed E-state index contributed by atoms with van der Waals surface area (Å²) in [6, 6.07) is 1.18. The van der Waals surface area contributed by atoms with Gasteiger partial charge in [-0.2, -0.15) is 0 Å². The Bertz CT molecular complexity index is 409. The van der Waals surface area contributed by atoms with Crippen LogP contribution < -0.4 is 10.6 Å². The van der Waals surface area contributed by atoms with Crippen LogP contribution in [0.4, 0.5) is 0 Å². The monoisotopic (exact) mass is 367 g/mol. The van der Waals surface area contributed by atoms with Crippen LogP contribution in [0.15, 0.2) is 4.99 Å². The molecule has 0 aromatic heterocycles. The van der Waals surface area contributed by atoms with Gasteiger partial charge in [-0.15, -0.1) is 0 Å². The average Bonchev–Trinajstić information content (AvgIpc) is 2.67. The van der Waals surface area contributed by atoms with Gasteiger partial charge in [0.2, 0.25) is 0 Å². The minimum atomic E-state index is 0.541. The Morgan fingerprint density at radius 1 is 1.15 bits per heavy atom. The van der Waals surface area contributed by atoms with Crippen LogP contribution in [0.1, 0.15) is 46.5 Å². The summed E-state index contributed by atoms with van der Waals surface area (Å²) >= 11 is 0. The SMILES string of the molecule is CCN1CCCCC1CNC(=NC)NCC(CC(C)C)N1CCOCC1. The summed E-state index contributed by atoms with van der Waals surface area (Å²) in [6.07, 6.45) is 5.19. The normalized spacial score (nSPS) is 24.7. The van der Waals surface area contributed by atoms with Gasteiger partial charge >= 0.3 is 0 Å². The molecule has 0 saturated carbocycles. The fraction of sp³-hybridized carbons (Fsp3) is 0.950. The summed E-state index contributed by atoms with van der Waals surface area (Å²) in [5.74, 6) is 1.63. The van der Waals surface area contributed by atoms with Crippen molar-refractivity contribution >= 4 is 5.96 Å². The average molecular weight is 368 g/mol. The molecule has 26 heavy (non-hydrogen) atoms. The van der Waals surface area contributed by atoms with E-state index in [0.29, 0.717) is 18.0 Å². The van der Waals surface area contributed by atoms with Crippen molar-refractivity contribution < 1.29 is 4.74 Å². The standard InChI is InChI=1S/C20H41N5O/c1-5-24-9-7-6-8-18(24)15-22-20(21-4)23-16-19(14-17(2)3)25-10-12-26-13-11-25/h17-19H,5-16H2,1-4H3,(H2,21,22,23). The highest BCUT2D eigenvalue weighted by atomic mass is 16.5. The molecule has 2 N–H and O–H groups in total. The minimum Gasteiger partial charge on any atom is -0.379 e. The number of nitrogens with zero attached hydrogens (tertiary/aromatic N) is 3. The molecule has 2 heterocycles. The van der Waals surface area contributed by atoms with Crippen molar-refractivity contribution in [2.75, 3.05) is 59.5 Å². The number of likely N-dealkylation sites (tertiary alicyclic amines) is 1. The molecule has 2 saturated heterocycles. The summed E-state index contributed by atoms with van der Waals surface area (Å²) in [7, 11) is 1.87. The zero-order valence-electron chi connectivity index (χ0n) is 17.5. The van der Waals surface area contributed by atoms with E-state index >= 15 is 0 Å². The van der Waals surface area contributed by atoms with Crippen LogP contribution >= 0.6 is 0 Å². The van der Waals surface area contributed by atoms with E-state index in [1.165, 1.54) is 32.2 Å². The van der Waals surface area contributed by atoms with Crippen molar-refractivity contribution in [2.45, 2.75) is 58.5 Å². The van der Waals surface area contributed by atoms with Gasteiger partial charge in [-0.25, -0.2) is 0 Å². The van der Waals surface area contributed by atoms with Crippen molar-refractivity contribution in [3.63, 3.8) is 0 Å². The number of morpholine rings is 1. The van der Waals surface area contributed by atoms with E-state index in [1.807, 2.05) is 7.05 Å². The van der Waals surface area contributed by atoms with Crippen molar-refractivity contribution in [3.8, 4) is 0 Å². The van der Waals surface area contributed by atoms with Crippen molar-refractivity contribution in [1.29, 1.82) is 0 Å². The molecule has 152 valence electrons. The lowest BCUT2D eigenvalue weighted by molar-refractivity contribution is 0.0132. The Hall–Kier alpha value is -0.850. The third-order valence-electron chi connectivity index (χ3n) is 5.69. The number of piperidine rings is 1. The van der Waals surface area contributed by atoms with E-state index in [0.717, 1.165) is 51.9 Å². The van der Waals surface area contributed by atoms with E-state index in [9.17, 15) is 0 Å². The van der Waals surface area contributed by atoms with Crippen LogP contribution in [-0.4, -0.2) is 87.4 Å². The first kappa shape index (κ1) is 21.5. The third-order valence-corrected chi connectivity index (χ3v) is 5.69. The van der Waals surface area contributed by atoms with E-state index in [1.54, 1.807) is 0 Å². The van der Waals surface area contributed by atoms with E-state index < -0.39 is 0 Å². The quantitative estimate of drug-likeness (QED) is 0.506. The second-order valence-corrected chi connectivity index (χ2v) is 8.04. The number of likely N-dealkylation sites (N-methyl/N-ethyl adjacent to an activating group) is 1. The summed E-state index contributed by atoms with van der Waals surface area (Å²) in [5.41, 5.74) is 0. The molecule has 2 rings (SSSR count). The van der Waals surface area contributed by atoms with Crippen LogP contribution in [0.25, 0.3) is 0 Å². The first-order valence-electron chi connectivity index (χ1n) is 10.6. The van der Waals surface area contributed by atoms with Gasteiger partial charge in [0.1, 0.15) is 0 Å². The van der Waals surface area contributed by atoms with Crippen LogP contribution in [0, 0.1) is 5.92 Å². The summed E-state index contributed by atoms with van der Waals surface area (Å²) in [4.78, 5) is 9.62. The van der Waals surface area contributed by atoms with Gasteiger partial charge < -0.3 is 15.4 Å². The molecule has 2 aliphatic heterocycles. The maximum absolute atomic E-state index is 5.53. The molecule has 0 amide bonds. The van der Waals surface area contributed by atoms with Gasteiger partial charge in [-0.05, 0) is 38.3 Å². The molecule has 0 spiro atoms. The molecule has 2 atom stereocenters. The fourth-order valence-corrected chi connectivity index (χ4v) is 4.21. The number of aliphatic imine (C=N–C) groups is 1. The predicted octanol–water partition coefficient (Wildman–Crippen LogP) is 1.77. The van der Waals surface area contributed by atoms with Crippen molar-refractivity contribution in [3.05, 3.63) is 0 Å². The van der Waals surface area contributed by atoms with Gasteiger partial charge in [0.15, 0.2) is 5.96 Å². The number of hydrogen-bond acceptors (Lipinski definition) is 4. The number of hydrogen-bond donors (Lipinski definition) is 2. The first-order valence-corrected chi connectivity index (χ1v) is 10.6. The Morgan fingerprint density at radius 3 is 2.58 bits per heavy atom. The van der Waals surface area contributed by atoms with Gasteiger partial charge in [0, 0.05) is 45.3 Å². The lowest BCUT2D eigenvalue weighted by Gasteiger charge is -2.36. The lowest BCUT2D eigenvalue weighted by Crippen LogP contribution is -2.53. The smallest absolute Gasteiger partial charge is 0.191 e. The highest BCUT2D eigenvalue weighted by molar-refractivity contribution is 5.79. The lowest BCUT2D eigenvalue weighted by atomic mass is 10.0. The molecular weight excluding hydrogens is 326 g/mol. The zero-order chi connectivity index (χ0) is 18.8. The molecular formula is C20H41N5O. The summed E-state index contributed by atoms with van der Waals surface area (Å²) in [6.45, 7) is 15.0. The highest BCUT2D eigenvalue weighted by Crippen LogP contribution is 2.16. The van der Waals surface area contributed by atoms with E-state index in [-0.39, 0.29) is 0 Å². The second-order valence-electron chi connectivity index (χ2n) is 8.04. The largest absolute Gasteiger partial charge is 0.379 e. The number of ether oxygens (including phenoxy) is 1. The molecule has 0 aromatic rings. The molecule has 0 aromatic carbocycles. The Balaban J connectivity index is 1.80. The molecule has 6 nitrogen and oxygen atoms in total. The predicted molar refractivity (Wildman–Crippen MR) is 110 cm³/mol. The Labute approximate surface area is 160 Å². The second kappa shape index (κ2) is 11.8. The van der Waals surface area contributed by atoms with E-state index in [4.69, 9.17) is 4.74 Å². The number of nitrogens with one attached hydrogen (secondary N) is 2. The molecule has 0 aliphatic carbocycles. The first-order chi connectivity index (χ1) is 12.6. The molecule has 2 aliphatic rings. The van der Waals surface area contributed by atoms with Gasteiger partial charge in [0.25, 0.3) is 0 Å². The molecule has 2 fully saturated rings. The summed E-state index contributed by atoms with van der Waals surface area (Å²) < 4.78 is 5.53. The zero-order valence-corrected chi connectivity index (χ0v) is 17.5. The van der Waals surface area contributed by atoms with E-state index in [2.05, 4.69) is 46.2 Å². The molecule has 0 bridgehead atoms. The van der Waals surface area contributed by atoms with Gasteiger partial charge in [-0.1, -0.05) is 27.2 Å². The number of guanidine groups is 1. The topological polar surface area (TPSA) is 52.1 Å². The van der Waals surface area contributed by atoms with Crippen LogP contribution in [-0.2, 0) is 4.74 Å². The number of rotatable bonds is 8. The molecule has 0 radical (unpaired) electrons. The Morgan fingerprint density at radius 2 is 1.92 bits per heavy atom. The third kappa shape index (κ3) is 7.05. The molecule has 6 heteroatoms. The highest BCUT2D eigenvalue weighted by Gasteiger charge is 2.23. The maximum atomic E-state index is 5.53. The van der Waals surface area contributed by atoms with Gasteiger partial charge in [-0.3, -0.25) is 14.8 Å². The maximum Gasteiger partial charge on any atom is 0.191 e. The fourth-order valence-electron chi connectivity index (χ4n) is 4.21. The molecule has 2 unspecified atom stereocenters. The summed E-state index contributed by atoms with van der Waals surface area (Å²) in [5, 5.41) is 7.15. The van der Waals surface area contributed by atoms with Gasteiger partial charge in [0.05, 0.1) is 13.2 Å².